The van der Waals surface area contributed by atoms with Crippen LogP contribution in [0.25, 0.3) is 16.7 Å². The minimum absolute atomic E-state index is 0.699. The molecule has 2 aromatic carbocycles. The highest BCUT2D eigenvalue weighted by Crippen LogP contribution is 2.19. The maximum absolute atomic E-state index is 5.15. The van der Waals surface area contributed by atoms with Crippen molar-refractivity contribution in [3.05, 3.63) is 84.1 Å². The average Bonchev–Trinajstić information content (AvgIpc) is 2.59. The van der Waals surface area contributed by atoms with Crippen molar-refractivity contribution in [1.82, 2.24) is 4.98 Å². The number of para-hydroxylation sites is 1. The summed E-state index contributed by atoms with van der Waals surface area (Å²) in [6.45, 7) is 3.87. The van der Waals surface area contributed by atoms with Gasteiger partial charge in [0.25, 0.3) is 0 Å². The molecule has 0 saturated carbocycles. The lowest BCUT2D eigenvalue weighted by atomic mass is 10.0. The van der Waals surface area contributed by atoms with Gasteiger partial charge in [0.1, 0.15) is 5.76 Å². The van der Waals surface area contributed by atoms with Crippen molar-refractivity contribution in [1.29, 1.82) is 0 Å². The van der Waals surface area contributed by atoms with E-state index >= 15 is 0 Å². The summed E-state index contributed by atoms with van der Waals surface area (Å²) >= 11 is 0. The van der Waals surface area contributed by atoms with Crippen LogP contribution in [0.3, 0.4) is 0 Å². The highest BCUT2D eigenvalue weighted by Gasteiger charge is 2.03. The fourth-order valence-corrected chi connectivity index (χ4v) is 2.62. The second-order valence-corrected chi connectivity index (χ2v) is 5.32. The van der Waals surface area contributed by atoms with Crippen molar-refractivity contribution >= 4 is 16.7 Å². The third kappa shape index (κ3) is 3.01. The summed E-state index contributed by atoms with van der Waals surface area (Å²) < 4.78 is 5.15. The number of ether oxygens (including phenoxy) is 1. The van der Waals surface area contributed by atoms with E-state index in [1.54, 1.807) is 7.11 Å². The number of nitrogens with zero attached hydrogens (tertiary/aromatic N) is 1. The van der Waals surface area contributed by atoms with Crippen molar-refractivity contribution in [2.45, 2.75) is 12.8 Å². The Morgan fingerprint density at radius 2 is 1.77 bits per heavy atom. The smallest absolute Gasteiger partial charge is 0.118 e. The SMILES string of the molecule is C=C(OC)c1ccc(CCc2cccc3cccnc23)cc1. The first-order valence-electron chi connectivity index (χ1n) is 7.43. The fraction of sp³-hybridized carbons (Fsp3) is 0.150. The average molecular weight is 289 g/mol. The summed E-state index contributed by atoms with van der Waals surface area (Å²) in [5.41, 5.74) is 4.73. The van der Waals surface area contributed by atoms with Gasteiger partial charge in [-0.05, 0) is 30.0 Å². The van der Waals surface area contributed by atoms with Crippen LogP contribution in [0.1, 0.15) is 16.7 Å². The van der Waals surface area contributed by atoms with Crippen molar-refractivity contribution in [3.63, 3.8) is 0 Å². The van der Waals surface area contributed by atoms with Crippen LogP contribution >= 0.6 is 0 Å². The van der Waals surface area contributed by atoms with E-state index in [0.29, 0.717) is 5.76 Å². The topological polar surface area (TPSA) is 22.1 Å². The predicted molar refractivity (Wildman–Crippen MR) is 91.6 cm³/mol. The molecule has 110 valence electrons. The molecule has 0 aliphatic carbocycles. The first-order valence-corrected chi connectivity index (χ1v) is 7.43. The number of methoxy groups -OCH3 is 1. The van der Waals surface area contributed by atoms with Gasteiger partial charge < -0.3 is 4.74 Å². The lowest BCUT2D eigenvalue weighted by Gasteiger charge is -2.07. The van der Waals surface area contributed by atoms with Gasteiger partial charge in [-0.2, -0.15) is 0 Å². The summed E-state index contributed by atoms with van der Waals surface area (Å²) in [5.74, 6) is 0.699. The second kappa shape index (κ2) is 6.44. The molecule has 2 heteroatoms. The molecule has 0 atom stereocenters. The Labute approximate surface area is 131 Å². The molecule has 1 aromatic heterocycles. The van der Waals surface area contributed by atoms with E-state index in [4.69, 9.17) is 4.74 Å². The zero-order valence-electron chi connectivity index (χ0n) is 12.8. The molecular formula is C20H19NO. The predicted octanol–water partition coefficient (Wildman–Crippen LogP) is 4.64. The van der Waals surface area contributed by atoms with Crippen LogP contribution < -0.4 is 0 Å². The molecule has 3 rings (SSSR count). The minimum atomic E-state index is 0.699. The lowest BCUT2D eigenvalue weighted by Crippen LogP contribution is -1.94. The minimum Gasteiger partial charge on any atom is -0.497 e. The van der Waals surface area contributed by atoms with Gasteiger partial charge in [0.15, 0.2) is 0 Å². The standard InChI is InChI=1S/C20H19NO/c1-15(22-2)17-11-8-16(9-12-17)10-13-19-6-3-5-18-7-4-14-21-20(18)19/h3-9,11-12,14H,1,10,13H2,2H3. The van der Waals surface area contributed by atoms with E-state index in [9.17, 15) is 0 Å². The summed E-state index contributed by atoms with van der Waals surface area (Å²) in [6.07, 6.45) is 3.84. The molecule has 0 N–H and O–H groups in total. The summed E-state index contributed by atoms with van der Waals surface area (Å²) in [6, 6.07) is 18.9. The normalized spacial score (nSPS) is 10.6. The van der Waals surface area contributed by atoms with Crippen molar-refractivity contribution in [3.8, 4) is 0 Å². The molecule has 0 spiro atoms. The van der Waals surface area contributed by atoms with Crippen molar-refractivity contribution in [2.24, 2.45) is 0 Å². The Morgan fingerprint density at radius 3 is 2.55 bits per heavy atom. The molecule has 0 aliphatic heterocycles. The van der Waals surface area contributed by atoms with Gasteiger partial charge >= 0.3 is 0 Å². The van der Waals surface area contributed by atoms with E-state index in [0.717, 1.165) is 23.9 Å². The van der Waals surface area contributed by atoms with Gasteiger partial charge in [-0.3, -0.25) is 4.98 Å². The number of fused-ring (bicyclic) bond motifs is 1. The number of rotatable bonds is 5. The summed E-state index contributed by atoms with van der Waals surface area (Å²) in [4.78, 5) is 4.51. The van der Waals surface area contributed by atoms with E-state index in [2.05, 4.69) is 60.1 Å². The molecule has 0 saturated heterocycles. The van der Waals surface area contributed by atoms with Crippen LogP contribution in [0.15, 0.2) is 67.4 Å². The largest absolute Gasteiger partial charge is 0.497 e. The Balaban J connectivity index is 1.75. The zero-order chi connectivity index (χ0) is 15.4. The van der Waals surface area contributed by atoms with Gasteiger partial charge in [-0.25, -0.2) is 0 Å². The number of hydrogen-bond acceptors (Lipinski definition) is 2. The van der Waals surface area contributed by atoms with Crippen LogP contribution in [0.4, 0.5) is 0 Å². The molecule has 0 aliphatic rings. The Hall–Kier alpha value is -2.61. The number of aromatic nitrogens is 1. The fourth-order valence-electron chi connectivity index (χ4n) is 2.62. The highest BCUT2D eigenvalue weighted by atomic mass is 16.5. The molecule has 0 amide bonds. The third-order valence-corrected chi connectivity index (χ3v) is 3.92. The molecule has 0 bridgehead atoms. The number of benzene rings is 2. The number of hydrogen-bond donors (Lipinski definition) is 0. The highest BCUT2D eigenvalue weighted by molar-refractivity contribution is 5.81. The van der Waals surface area contributed by atoms with E-state index in [-0.39, 0.29) is 0 Å². The Morgan fingerprint density at radius 1 is 1.00 bits per heavy atom. The first-order chi connectivity index (χ1) is 10.8. The number of pyridine rings is 1. The Kier molecular flexibility index (Phi) is 4.19. The van der Waals surface area contributed by atoms with Crippen LogP contribution in [0, 0.1) is 0 Å². The maximum Gasteiger partial charge on any atom is 0.118 e. The zero-order valence-corrected chi connectivity index (χ0v) is 12.8. The van der Waals surface area contributed by atoms with Gasteiger partial charge in [0.2, 0.25) is 0 Å². The van der Waals surface area contributed by atoms with E-state index < -0.39 is 0 Å². The summed E-state index contributed by atoms with van der Waals surface area (Å²) in [5, 5.41) is 1.20. The lowest BCUT2D eigenvalue weighted by molar-refractivity contribution is 0.371. The third-order valence-electron chi connectivity index (χ3n) is 3.92. The van der Waals surface area contributed by atoms with Gasteiger partial charge in [-0.1, -0.05) is 55.1 Å². The maximum atomic E-state index is 5.15. The van der Waals surface area contributed by atoms with Gasteiger partial charge in [0.05, 0.1) is 12.6 Å². The molecule has 0 unspecified atom stereocenters. The molecule has 1 heterocycles. The summed E-state index contributed by atoms with van der Waals surface area (Å²) in [7, 11) is 1.64. The molecule has 0 fully saturated rings. The molecule has 2 nitrogen and oxygen atoms in total. The van der Waals surface area contributed by atoms with Crippen molar-refractivity contribution < 1.29 is 4.74 Å². The molecule has 0 radical (unpaired) electrons. The van der Waals surface area contributed by atoms with E-state index in [1.807, 2.05) is 12.3 Å². The Bertz CT molecular complexity index is 785. The number of aryl methyl sites for hydroxylation is 2. The second-order valence-electron chi connectivity index (χ2n) is 5.32. The van der Waals surface area contributed by atoms with E-state index in [1.165, 1.54) is 16.5 Å². The van der Waals surface area contributed by atoms with Crippen LogP contribution in [-0.2, 0) is 17.6 Å². The van der Waals surface area contributed by atoms with Gasteiger partial charge in [0, 0.05) is 17.1 Å². The first kappa shape index (κ1) is 14.3. The monoisotopic (exact) mass is 289 g/mol. The van der Waals surface area contributed by atoms with Crippen LogP contribution in [0.2, 0.25) is 0 Å². The molecule has 3 aromatic rings. The van der Waals surface area contributed by atoms with Crippen LogP contribution in [0.5, 0.6) is 0 Å². The molecule has 22 heavy (non-hydrogen) atoms. The quantitative estimate of drug-likeness (QED) is 0.638. The van der Waals surface area contributed by atoms with Gasteiger partial charge in [-0.15, -0.1) is 0 Å². The molecular weight excluding hydrogens is 270 g/mol. The van der Waals surface area contributed by atoms with Crippen LogP contribution in [-0.4, -0.2) is 12.1 Å². The van der Waals surface area contributed by atoms with Crippen molar-refractivity contribution in [2.75, 3.05) is 7.11 Å².